The van der Waals surface area contributed by atoms with Gasteiger partial charge in [-0.15, -0.1) is 0 Å². The summed E-state index contributed by atoms with van der Waals surface area (Å²) in [6.07, 6.45) is 0.955. The number of nitrogens with one attached hydrogen (secondary N) is 1. The lowest BCUT2D eigenvalue weighted by molar-refractivity contribution is 0.0516. The van der Waals surface area contributed by atoms with Gasteiger partial charge in [0.1, 0.15) is 0 Å². The third-order valence-corrected chi connectivity index (χ3v) is 4.41. The summed E-state index contributed by atoms with van der Waals surface area (Å²) in [5, 5.41) is 7.44. The van der Waals surface area contributed by atoms with E-state index in [9.17, 15) is 0 Å². The second-order valence-electron chi connectivity index (χ2n) is 5.28. The average molecular weight is 352 g/mol. The van der Waals surface area contributed by atoms with Crippen LogP contribution in [-0.2, 0) is 4.74 Å². The first kappa shape index (κ1) is 14.7. The first-order valence-electron chi connectivity index (χ1n) is 7.04. The molecule has 6 heteroatoms. The molecule has 1 aromatic heterocycles. The van der Waals surface area contributed by atoms with E-state index in [-0.39, 0.29) is 5.92 Å². The van der Waals surface area contributed by atoms with Gasteiger partial charge in [0.05, 0.1) is 12.5 Å². The Hall–Kier alpha value is -1.24. The van der Waals surface area contributed by atoms with Crippen molar-refractivity contribution in [3.05, 3.63) is 34.1 Å². The number of rotatable bonds is 3. The van der Waals surface area contributed by atoms with E-state index < -0.39 is 0 Å². The van der Waals surface area contributed by atoms with Crippen molar-refractivity contribution in [1.82, 2.24) is 15.5 Å². The van der Waals surface area contributed by atoms with Gasteiger partial charge in [-0.05, 0) is 44.2 Å². The lowest BCUT2D eigenvalue weighted by Gasteiger charge is -2.28. The molecule has 2 heterocycles. The molecule has 1 aliphatic heterocycles. The summed E-state index contributed by atoms with van der Waals surface area (Å²) in [5.74, 6) is 1.39. The van der Waals surface area contributed by atoms with E-state index in [1.807, 2.05) is 32.2 Å². The van der Waals surface area contributed by atoms with Gasteiger partial charge in [-0.1, -0.05) is 21.1 Å². The first-order valence-corrected chi connectivity index (χ1v) is 7.83. The molecule has 3 rings (SSSR count). The highest BCUT2D eigenvalue weighted by molar-refractivity contribution is 9.10. The highest BCUT2D eigenvalue weighted by Gasteiger charge is 2.30. The minimum atomic E-state index is 0.112. The summed E-state index contributed by atoms with van der Waals surface area (Å²) in [6.45, 7) is 3.43. The zero-order valence-corrected chi connectivity index (χ0v) is 13.7. The maximum atomic E-state index is 5.55. The molecule has 0 spiro atoms. The molecule has 1 N–H and O–H groups in total. The second kappa shape index (κ2) is 6.25. The number of halogens is 1. The maximum absolute atomic E-state index is 5.55. The molecule has 1 saturated heterocycles. The predicted octanol–water partition coefficient (Wildman–Crippen LogP) is 2.90. The van der Waals surface area contributed by atoms with E-state index in [2.05, 4.69) is 31.4 Å². The van der Waals surface area contributed by atoms with Crippen LogP contribution in [0.3, 0.4) is 0 Å². The second-order valence-corrected chi connectivity index (χ2v) is 6.20. The molecule has 0 aliphatic carbocycles. The molecule has 1 fully saturated rings. The van der Waals surface area contributed by atoms with Crippen LogP contribution in [0.2, 0.25) is 0 Å². The lowest BCUT2D eigenvalue weighted by Crippen LogP contribution is -2.39. The van der Waals surface area contributed by atoms with Crippen LogP contribution in [0.5, 0.6) is 0 Å². The van der Waals surface area contributed by atoms with Gasteiger partial charge in [0, 0.05) is 22.7 Å². The fraction of sp³-hybridized carbons (Fsp3) is 0.467. The summed E-state index contributed by atoms with van der Waals surface area (Å²) in [6, 6.07) is 6.35. The molecule has 0 amide bonds. The van der Waals surface area contributed by atoms with Gasteiger partial charge >= 0.3 is 0 Å². The van der Waals surface area contributed by atoms with Gasteiger partial charge in [0.2, 0.25) is 11.7 Å². The SMILES string of the molecule is CNC1CCOCC1c1nc(-c2ccc(Br)cc2C)no1. The van der Waals surface area contributed by atoms with Crippen LogP contribution in [0.4, 0.5) is 0 Å². The molecule has 0 saturated carbocycles. The lowest BCUT2D eigenvalue weighted by atomic mass is 9.96. The number of hydrogen-bond acceptors (Lipinski definition) is 5. The maximum Gasteiger partial charge on any atom is 0.233 e. The van der Waals surface area contributed by atoms with Crippen LogP contribution in [-0.4, -0.2) is 36.4 Å². The van der Waals surface area contributed by atoms with Crippen LogP contribution in [0.1, 0.15) is 23.8 Å². The smallest absolute Gasteiger partial charge is 0.233 e. The molecule has 112 valence electrons. The number of benzene rings is 1. The third-order valence-electron chi connectivity index (χ3n) is 3.92. The number of likely N-dealkylation sites (N-methyl/N-ethyl adjacent to an activating group) is 1. The minimum absolute atomic E-state index is 0.112. The van der Waals surface area contributed by atoms with Gasteiger partial charge in [-0.3, -0.25) is 0 Å². The molecule has 2 atom stereocenters. The normalized spacial score (nSPS) is 22.4. The molecule has 5 nitrogen and oxygen atoms in total. The quantitative estimate of drug-likeness (QED) is 0.921. The Balaban J connectivity index is 1.89. The molecular weight excluding hydrogens is 334 g/mol. The fourth-order valence-corrected chi connectivity index (χ4v) is 3.18. The van der Waals surface area contributed by atoms with Crippen molar-refractivity contribution < 1.29 is 9.26 Å². The van der Waals surface area contributed by atoms with Crippen molar-refractivity contribution in [3.63, 3.8) is 0 Å². The van der Waals surface area contributed by atoms with Gasteiger partial charge in [-0.25, -0.2) is 0 Å². The Morgan fingerprint density at radius 3 is 3.00 bits per heavy atom. The summed E-state index contributed by atoms with van der Waals surface area (Å²) < 4.78 is 12.1. The zero-order chi connectivity index (χ0) is 14.8. The topological polar surface area (TPSA) is 60.2 Å². The number of hydrogen-bond donors (Lipinski definition) is 1. The van der Waals surface area contributed by atoms with E-state index in [1.54, 1.807) is 0 Å². The van der Waals surface area contributed by atoms with Crippen LogP contribution in [0, 0.1) is 6.92 Å². The van der Waals surface area contributed by atoms with Crippen LogP contribution in [0.15, 0.2) is 27.2 Å². The summed E-state index contributed by atoms with van der Waals surface area (Å²) in [4.78, 5) is 4.58. The van der Waals surface area contributed by atoms with Crippen molar-refractivity contribution in [3.8, 4) is 11.4 Å². The molecule has 2 aromatic rings. The number of aryl methyl sites for hydroxylation is 1. The van der Waals surface area contributed by atoms with E-state index in [4.69, 9.17) is 9.26 Å². The van der Waals surface area contributed by atoms with Crippen molar-refractivity contribution in [2.24, 2.45) is 0 Å². The van der Waals surface area contributed by atoms with E-state index >= 15 is 0 Å². The summed E-state index contributed by atoms with van der Waals surface area (Å²) in [5.41, 5.74) is 2.10. The Kier molecular flexibility index (Phi) is 4.37. The van der Waals surface area contributed by atoms with Gasteiger partial charge in [0.25, 0.3) is 0 Å². The number of ether oxygens (including phenoxy) is 1. The Morgan fingerprint density at radius 1 is 1.38 bits per heavy atom. The van der Waals surface area contributed by atoms with E-state index in [1.165, 1.54) is 0 Å². The highest BCUT2D eigenvalue weighted by atomic mass is 79.9. The van der Waals surface area contributed by atoms with Gasteiger partial charge < -0.3 is 14.6 Å². The van der Waals surface area contributed by atoms with Crippen molar-refractivity contribution in [1.29, 1.82) is 0 Å². The average Bonchev–Trinajstić information content (AvgIpc) is 2.96. The van der Waals surface area contributed by atoms with Gasteiger partial charge in [0.15, 0.2) is 0 Å². The number of aromatic nitrogens is 2. The molecular formula is C15H18BrN3O2. The largest absolute Gasteiger partial charge is 0.381 e. The molecule has 2 unspecified atom stereocenters. The highest BCUT2D eigenvalue weighted by Crippen LogP contribution is 2.28. The van der Waals surface area contributed by atoms with Crippen molar-refractivity contribution >= 4 is 15.9 Å². The summed E-state index contributed by atoms with van der Waals surface area (Å²) in [7, 11) is 1.96. The summed E-state index contributed by atoms with van der Waals surface area (Å²) >= 11 is 3.46. The standard InChI is InChI=1S/C15H18BrN3O2/c1-9-7-10(16)3-4-11(9)14-18-15(21-19-14)12-8-20-6-5-13(12)17-2/h3-4,7,12-13,17H,5-6,8H2,1-2H3. The Morgan fingerprint density at radius 2 is 2.24 bits per heavy atom. The van der Waals surface area contributed by atoms with Crippen LogP contribution < -0.4 is 5.32 Å². The number of nitrogens with zero attached hydrogens (tertiary/aromatic N) is 2. The molecule has 0 radical (unpaired) electrons. The van der Waals surface area contributed by atoms with E-state index in [0.717, 1.165) is 28.6 Å². The van der Waals surface area contributed by atoms with Crippen molar-refractivity contribution in [2.75, 3.05) is 20.3 Å². The first-order chi connectivity index (χ1) is 10.2. The molecule has 1 aliphatic rings. The predicted molar refractivity (Wildman–Crippen MR) is 83.2 cm³/mol. The Bertz CT molecular complexity index is 629. The minimum Gasteiger partial charge on any atom is -0.381 e. The van der Waals surface area contributed by atoms with Crippen LogP contribution in [0.25, 0.3) is 11.4 Å². The molecule has 0 bridgehead atoms. The molecule has 21 heavy (non-hydrogen) atoms. The zero-order valence-electron chi connectivity index (χ0n) is 12.1. The molecule has 1 aromatic carbocycles. The van der Waals surface area contributed by atoms with E-state index in [0.29, 0.717) is 24.4 Å². The van der Waals surface area contributed by atoms with Crippen molar-refractivity contribution in [2.45, 2.75) is 25.3 Å². The van der Waals surface area contributed by atoms with Crippen LogP contribution >= 0.6 is 15.9 Å². The third kappa shape index (κ3) is 3.02. The monoisotopic (exact) mass is 351 g/mol. The van der Waals surface area contributed by atoms with Gasteiger partial charge in [-0.2, -0.15) is 4.98 Å². The Labute approximate surface area is 132 Å². The fourth-order valence-electron chi connectivity index (χ4n) is 2.70.